The minimum absolute atomic E-state index is 0.593. The van der Waals surface area contributed by atoms with E-state index in [4.69, 9.17) is 15.0 Å². The van der Waals surface area contributed by atoms with Crippen molar-refractivity contribution in [3.63, 3.8) is 0 Å². The summed E-state index contributed by atoms with van der Waals surface area (Å²) in [7, 11) is 0. The lowest BCUT2D eigenvalue weighted by molar-refractivity contribution is 0.731. The van der Waals surface area contributed by atoms with Crippen molar-refractivity contribution in [3.8, 4) is 56.4 Å². The van der Waals surface area contributed by atoms with Crippen molar-refractivity contribution in [3.05, 3.63) is 320 Å². The first kappa shape index (κ1) is 44.9. The summed E-state index contributed by atoms with van der Waals surface area (Å²) < 4.78 is 0. The number of fused-ring (bicyclic) bond motifs is 2. The molecule has 0 N–H and O–H groups in total. The Morgan fingerprint density at radius 1 is 0.267 bits per heavy atom. The first-order valence-electron chi connectivity index (χ1n) is 25.4. The molecule has 5 heteroatoms. The first-order chi connectivity index (χ1) is 37.2. The van der Waals surface area contributed by atoms with E-state index in [-0.39, 0.29) is 0 Å². The normalized spacial score (nSPS) is 12.3. The highest BCUT2D eigenvalue weighted by Crippen LogP contribution is 2.59. The molecule has 0 saturated heterocycles. The Bertz CT molecular complexity index is 3710. The molecule has 1 aliphatic heterocycles. The van der Waals surface area contributed by atoms with Crippen LogP contribution in [0.3, 0.4) is 0 Å². The number of para-hydroxylation sites is 1. The third-order valence-electron chi connectivity index (χ3n) is 14.4. The van der Waals surface area contributed by atoms with Gasteiger partial charge in [0.05, 0.1) is 16.8 Å². The van der Waals surface area contributed by atoms with Crippen LogP contribution in [0.1, 0.15) is 22.3 Å². The van der Waals surface area contributed by atoms with Gasteiger partial charge in [0.2, 0.25) is 0 Å². The monoisotopic (exact) mass is 959 g/mol. The molecular formula is C70H49N5. The van der Waals surface area contributed by atoms with Crippen LogP contribution in [0.15, 0.2) is 297 Å². The Morgan fingerprint density at radius 2 is 0.587 bits per heavy atom. The van der Waals surface area contributed by atoms with Gasteiger partial charge in [-0.15, -0.1) is 0 Å². The van der Waals surface area contributed by atoms with Crippen LogP contribution >= 0.6 is 0 Å². The summed E-state index contributed by atoms with van der Waals surface area (Å²) in [6.07, 6.45) is 0. The molecule has 12 aromatic rings. The van der Waals surface area contributed by atoms with E-state index >= 15 is 0 Å². The molecule has 0 spiro atoms. The highest BCUT2D eigenvalue weighted by molar-refractivity contribution is 5.93. The predicted octanol–water partition coefficient (Wildman–Crippen LogP) is 17.8. The first-order valence-corrected chi connectivity index (χ1v) is 25.4. The smallest absolute Gasteiger partial charge is 0.164 e. The molecule has 1 aromatic heterocycles. The molecule has 1 aliphatic rings. The van der Waals surface area contributed by atoms with Crippen molar-refractivity contribution in [1.29, 1.82) is 0 Å². The molecule has 0 atom stereocenters. The molecule has 5 nitrogen and oxygen atoms in total. The standard InChI is InChI=1S/C70H49N5/c1-8-22-50(23-9-1)52-36-41-60(42-37-52)74(61-43-38-53(39-44-61)51-24-10-2-11-25-51)62-45-47-66-64(49-62)70(57-30-16-5-17-31-57,58-32-18-6-19-33-58)63-48-56(40-46-65(63)75(66)59-34-20-7-21-35-59)69-72-67(54-26-12-3-13-27-54)71-68(73-69)55-28-14-4-15-29-55/h1-49H. The van der Waals surface area contributed by atoms with Gasteiger partial charge < -0.3 is 9.80 Å². The second-order valence-electron chi connectivity index (χ2n) is 18.8. The van der Waals surface area contributed by atoms with Crippen LogP contribution in [0.4, 0.5) is 34.1 Å². The Balaban J connectivity index is 1.08. The highest BCUT2D eigenvalue weighted by atomic mass is 15.2. The second kappa shape index (κ2) is 19.6. The lowest BCUT2D eigenvalue weighted by Crippen LogP contribution is -2.38. The molecular weight excluding hydrogens is 911 g/mol. The molecule has 0 fully saturated rings. The van der Waals surface area contributed by atoms with Gasteiger partial charge in [0.15, 0.2) is 17.5 Å². The van der Waals surface area contributed by atoms with E-state index in [1.807, 2.05) is 36.4 Å². The Kier molecular flexibility index (Phi) is 11.7. The fourth-order valence-corrected chi connectivity index (χ4v) is 10.9. The van der Waals surface area contributed by atoms with E-state index in [9.17, 15) is 0 Å². The summed E-state index contributed by atoms with van der Waals surface area (Å²) >= 11 is 0. The van der Waals surface area contributed by atoms with Crippen molar-refractivity contribution < 1.29 is 0 Å². The number of rotatable bonds is 11. The van der Waals surface area contributed by atoms with Gasteiger partial charge in [-0.2, -0.15) is 0 Å². The van der Waals surface area contributed by atoms with Gasteiger partial charge in [0, 0.05) is 39.4 Å². The average Bonchev–Trinajstić information content (AvgIpc) is 3.55. The molecule has 354 valence electrons. The van der Waals surface area contributed by atoms with Gasteiger partial charge in [-0.05, 0) is 117 Å². The zero-order valence-corrected chi connectivity index (χ0v) is 41.0. The molecule has 0 amide bonds. The summed E-state index contributed by atoms with van der Waals surface area (Å²) in [6, 6.07) is 106. The van der Waals surface area contributed by atoms with Crippen LogP contribution < -0.4 is 9.80 Å². The van der Waals surface area contributed by atoms with Crippen LogP contribution in [0.5, 0.6) is 0 Å². The summed E-state index contributed by atoms with van der Waals surface area (Å²) in [5.41, 5.74) is 17.4. The van der Waals surface area contributed by atoms with Crippen LogP contribution in [0.25, 0.3) is 56.4 Å². The van der Waals surface area contributed by atoms with Crippen molar-refractivity contribution in [2.45, 2.75) is 5.41 Å². The molecule has 0 bridgehead atoms. The lowest BCUT2D eigenvalue weighted by Gasteiger charge is -2.47. The number of anilines is 6. The number of nitrogens with zero attached hydrogens (tertiary/aromatic N) is 5. The minimum Gasteiger partial charge on any atom is -0.310 e. The van der Waals surface area contributed by atoms with Crippen LogP contribution in [0, 0.1) is 0 Å². The van der Waals surface area contributed by atoms with Gasteiger partial charge in [-0.3, -0.25) is 0 Å². The van der Waals surface area contributed by atoms with Gasteiger partial charge in [-0.1, -0.05) is 224 Å². The maximum Gasteiger partial charge on any atom is 0.164 e. The molecule has 0 unspecified atom stereocenters. The largest absolute Gasteiger partial charge is 0.310 e. The Hall–Kier alpha value is -9.97. The SMILES string of the molecule is c1ccc(-c2ccc(N(c3ccc(-c4ccccc4)cc3)c3ccc4c(c3)C(c3ccccc3)(c3ccccc3)c3cc(-c5nc(-c6ccccc6)nc(-c6ccccc6)n5)ccc3N4c3ccccc3)cc2)cc1. The van der Waals surface area contributed by atoms with Gasteiger partial charge in [0.1, 0.15) is 0 Å². The summed E-state index contributed by atoms with van der Waals surface area (Å²) in [4.78, 5) is 20.4. The molecule has 75 heavy (non-hydrogen) atoms. The molecule has 13 rings (SSSR count). The molecule has 11 aromatic carbocycles. The quantitative estimate of drug-likeness (QED) is 0.129. The topological polar surface area (TPSA) is 45.2 Å². The van der Waals surface area contributed by atoms with E-state index in [0.29, 0.717) is 17.5 Å². The fourth-order valence-electron chi connectivity index (χ4n) is 10.9. The van der Waals surface area contributed by atoms with Crippen molar-refractivity contribution in [2.75, 3.05) is 9.80 Å². The Labute approximate surface area is 438 Å². The molecule has 0 aliphatic carbocycles. The van der Waals surface area contributed by atoms with Crippen LogP contribution in [0.2, 0.25) is 0 Å². The molecule has 0 radical (unpaired) electrons. The van der Waals surface area contributed by atoms with Gasteiger partial charge in [-0.25, -0.2) is 15.0 Å². The van der Waals surface area contributed by atoms with Crippen LogP contribution in [-0.4, -0.2) is 15.0 Å². The van der Waals surface area contributed by atoms with Crippen molar-refractivity contribution >= 4 is 34.1 Å². The van der Waals surface area contributed by atoms with E-state index in [0.717, 1.165) is 84.2 Å². The predicted molar refractivity (Wildman–Crippen MR) is 308 cm³/mol. The summed E-state index contributed by atoms with van der Waals surface area (Å²) in [6.45, 7) is 0. The third-order valence-corrected chi connectivity index (χ3v) is 14.4. The molecule has 2 heterocycles. The minimum atomic E-state index is -0.845. The van der Waals surface area contributed by atoms with Gasteiger partial charge in [0.25, 0.3) is 0 Å². The van der Waals surface area contributed by atoms with E-state index in [1.54, 1.807) is 0 Å². The van der Waals surface area contributed by atoms with Gasteiger partial charge >= 0.3 is 0 Å². The number of aromatic nitrogens is 3. The van der Waals surface area contributed by atoms with E-state index < -0.39 is 5.41 Å². The van der Waals surface area contributed by atoms with E-state index in [2.05, 4.69) is 271 Å². The molecule has 0 saturated carbocycles. The third kappa shape index (κ3) is 8.32. The van der Waals surface area contributed by atoms with E-state index in [1.165, 1.54) is 11.1 Å². The number of hydrogen-bond donors (Lipinski definition) is 0. The summed E-state index contributed by atoms with van der Waals surface area (Å²) in [5.74, 6) is 1.82. The number of hydrogen-bond acceptors (Lipinski definition) is 5. The van der Waals surface area contributed by atoms with Crippen molar-refractivity contribution in [1.82, 2.24) is 15.0 Å². The zero-order chi connectivity index (χ0) is 50.0. The zero-order valence-electron chi connectivity index (χ0n) is 41.0. The maximum absolute atomic E-state index is 5.28. The van der Waals surface area contributed by atoms with Crippen molar-refractivity contribution in [2.24, 2.45) is 0 Å². The Morgan fingerprint density at radius 3 is 1.03 bits per heavy atom. The second-order valence-corrected chi connectivity index (χ2v) is 18.8. The lowest BCUT2D eigenvalue weighted by atomic mass is 9.62. The maximum atomic E-state index is 5.28. The van der Waals surface area contributed by atoms with Crippen LogP contribution in [-0.2, 0) is 5.41 Å². The fraction of sp³-hybridized carbons (Fsp3) is 0.0143. The average molecular weight is 960 g/mol. The highest BCUT2D eigenvalue weighted by Gasteiger charge is 2.47. The summed E-state index contributed by atoms with van der Waals surface area (Å²) in [5, 5.41) is 0. The number of benzene rings is 11.